The zero-order valence-corrected chi connectivity index (χ0v) is 12.9. The molecule has 5 heteroatoms. The van der Waals surface area contributed by atoms with E-state index in [0.717, 1.165) is 36.2 Å². The molecule has 1 saturated carbocycles. The van der Waals surface area contributed by atoms with Gasteiger partial charge in [0.15, 0.2) is 0 Å². The molecule has 1 aromatic carbocycles. The first kappa shape index (κ1) is 15.6. The fourth-order valence-corrected chi connectivity index (χ4v) is 3.21. The highest BCUT2D eigenvalue weighted by Gasteiger charge is 2.18. The van der Waals surface area contributed by atoms with Gasteiger partial charge in [-0.05, 0) is 30.7 Å². The SMILES string of the molecule is CNc1cc(NCCC2CCCC(C)C2)cc([N+](=O)[O-])c1. The number of nitrogens with one attached hydrogen (secondary N) is 2. The summed E-state index contributed by atoms with van der Waals surface area (Å²) in [6.07, 6.45) is 6.48. The van der Waals surface area contributed by atoms with Gasteiger partial charge in [-0.1, -0.05) is 26.2 Å². The number of non-ortho nitro benzene ring substituents is 1. The van der Waals surface area contributed by atoms with Crippen LogP contribution in [0.4, 0.5) is 17.1 Å². The van der Waals surface area contributed by atoms with Gasteiger partial charge in [-0.25, -0.2) is 0 Å². The number of rotatable bonds is 6. The lowest BCUT2D eigenvalue weighted by atomic mass is 9.81. The van der Waals surface area contributed by atoms with Crippen LogP contribution in [0.1, 0.15) is 39.0 Å². The molecule has 2 unspecified atom stereocenters. The first-order chi connectivity index (χ1) is 10.1. The summed E-state index contributed by atoms with van der Waals surface area (Å²) in [5.41, 5.74) is 1.70. The molecule has 1 aromatic rings. The maximum atomic E-state index is 10.9. The van der Waals surface area contributed by atoms with Crippen molar-refractivity contribution in [1.82, 2.24) is 0 Å². The van der Waals surface area contributed by atoms with Gasteiger partial charge in [-0.15, -0.1) is 0 Å². The lowest BCUT2D eigenvalue weighted by Gasteiger charge is -2.26. The van der Waals surface area contributed by atoms with E-state index >= 15 is 0 Å². The second kappa shape index (κ2) is 7.29. The minimum atomic E-state index is -0.352. The van der Waals surface area contributed by atoms with E-state index in [1.54, 1.807) is 19.2 Å². The third-order valence-corrected chi connectivity index (χ3v) is 4.34. The Bertz CT molecular complexity index is 490. The topological polar surface area (TPSA) is 67.2 Å². The maximum absolute atomic E-state index is 10.9. The predicted octanol–water partition coefficient (Wildman–Crippen LogP) is 4.26. The number of nitro groups is 1. The van der Waals surface area contributed by atoms with Crippen molar-refractivity contribution in [2.24, 2.45) is 11.8 Å². The van der Waals surface area contributed by atoms with Crippen molar-refractivity contribution in [3.05, 3.63) is 28.3 Å². The molecule has 1 fully saturated rings. The van der Waals surface area contributed by atoms with Crippen LogP contribution in [0.3, 0.4) is 0 Å². The monoisotopic (exact) mass is 291 g/mol. The first-order valence-corrected chi connectivity index (χ1v) is 7.79. The van der Waals surface area contributed by atoms with Crippen LogP contribution in [0, 0.1) is 22.0 Å². The highest BCUT2D eigenvalue weighted by Crippen LogP contribution is 2.31. The summed E-state index contributed by atoms with van der Waals surface area (Å²) < 4.78 is 0. The normalized spacial score (nSPS) is 21.8. The highest BCUT2D eigenvalue weighted by molar-refractivity contribution is 5.63. The Balaban J connectivity index is 1.90. The summed E-state index contributed by atoms with van der Waals surface area (Å²) in [7, 11) is 1.77. The molecule has 0 bridgehead atoms. The molecule has 5 nitrogen and oxygen atoms in total. The predicted molar refractivity (Wildman–Crippen MR) is 86.9 cm³/mol. The Kier molecular flexibility index (Phi) is 5.42. The Morgan fingerprint density at radius 1 is 1.29 bits per heavy atom. The van der Waals surface area contributed by atoms with Crippen LogP contribution in [0.5, 0.6) is 0 Å². The molecule has 116 valence electrons. The Morgan fingerprint density at radius 3 is 2.71 bits per heavy atom. The minimum Gasteiger partial charge on any atom is -0.388 e. The van der Waals surface area contributed by atoms with Gasteiger partial charge in [0, 0.05) is 37.1 Å². The van der Waals surface area contributed by atoms with Crippen LogP contribution in [0.25, 0.3) is 0 Å². The number of anilines is 2. The average Bonchev–Trinajstić information content (AvgIpc) is 2.47. The first-order valence-electron chi connectivity index (χ1n) is 7.79. The third kappa shape index (κ3) is 4.62. The molecule has 1 aliphatic carbocycles. The van der Waals surface area contributed by atoms with Gasteiger partial charge in [-0.2, -0.15) is 0 Å². The van der Waals surface area contributed by atoms with Crippen molar-refractivity contribution in [1.29, 1.82) is 0 Å². The quantitative estimate of drug-likeness (QED) is 0.607. The number of hydrogen-bond acceptors (Lipinski definition) is 4. The smallest absolute Gasteiger partial charge is 0.273 e. The Morgan fingerprint density at radius 2 is 2.05 bits per heavy atom. The molecule has 0 aliphatic heterocycles. The number of nitro benzene ring substituents is 1. The van der Waals surface area contributed by atoms with Gasteiger partial charge in [-0.3, -0.25) is 10.1 Å². The van der Waals surface area contributed by atoms with Crippen molar-refractivity contribution < 1.29 is 4.92 Å². The van der Waals surface area contributed by atoms with E-state index in [4.69, 9.17) is 0 Å². The molecule has 2 atom stereocenters. The van der Waals surface area contributed by atoms with Crippen LogP contribution >= 0.6 is 0 Å². The van der Waals surface area contributed by atoms with Gasteiger partial charge >= 0.3 is 0 Å². The second-order valence-corrected chi connectivity index (χ2v) is 6.13. The van der Waals surface area contributed by atoms with E-state index in [1.807, 2.05) is 6.07 Å². The summed E-state index contributed by atoms with van der Waals surface area (Å²) in [5, 5.41) is 17.2. The van der Waals surface area contributed by atoms with Crippen LogP contribution in [-0.4, -0.2) is 18.5 Å². The largest absolute Gasteiger partial charge is 0.388 e. The fourth-order valence-electron chi connectivity index (χ4n) is 3.21. The summed E-state index contributed by atoms with van der Waals surface area (Å²) >= 11 is 0. The van der Waals surface area contributed by atoms with Crippen molar-refractivity contribution in [3.63, 3.8) is 0 Å². The lowest BCUT2D eigenvalue weighted by Crippen LogP contribution is -2.16. The number of hydrogen-bond donors (Lipinski definition) is 2. The zero-order valence-electron chi connectivity index (χ0n) is 12.9. The van der Waals surface area contributed by atoms with E-state index in [9.17, 15) is 10.1 Å². The van der Waals surface area contributed by atoms with Crippen molar-refractivity contribution in [3.8, 4) is 0 Å². The van der Waals surface area contributed by atoms with Crippen LogP contribution < -0.4 is 10.6 Å². The summed E-state index contributed by atoms with van der Waals surface area (Å²) in [5.74, 6) is 1.64. The van der Waals surface area contributed by atoms with E-state index in [-0.39, 0.29) is 10.6 Å². The highest BCUT2D eigenvalue weighted by atomic mass is 16.6. The summed E-state index contributed by atoms with van der Waals surface area (Å²) in [4.78, 5) is 10.6. The zero-order chi connectivity index (χ0) is 15.2. The van der Waals surface area contributed by atoms with Crippen LogP contribution in [0.2, 0.25) is 0 Å². The van der Waals surface area contributed by atoms with Gasteiger partial charge < -0.3 is 10.6 Å². The third-order valence-electron chi connectivity index (χ3n) is 4.34. The summed E-state index contributed by atoms with van der Waals surface area (Å²) in [6.45, 7) is 3.21. The summed E-state index contributed by atoms with van der Waals surface area (Å²) in [6, 6.07) is 5.06. The average molecular weight is 291 g/mol. The lowest BCUT2D eigenvalue weighted by molar-refractivity contribution is -0.384. The number of benzene rings is 1. The second-order valence-electron chi connectivity index (χ2n) is 6.13. The van der Waals surface area contributed by atoms with Gasteiger partial charge in [0.1, 0.15) is 0 Å². The van der Waals surface area contributed by atoms with Crippen LogP contribution in [-0.2, 0) is 0 Å². The molecular formula is C16H25N3O2. The minimum absolute atomic E-state index is 0.121. The van der Waals surface area contributed by atoms with Gasteiger partial charge in [0.05, 0.1) is 4.92 Å². The van der Waals surface area contributed by atoms with Crippen LogP contribution in [0.15, 0.2) is 18.2 Å². The number of nitrogens with zero attached hydrogens (tertiary/aromatic N) is 1. The molecule has 0 aromatic heterocycles. The molecular weight excluding hydrogens is 266 g/mol. The standard InChI is InChI=1S/C16H25N3O2/c1-12-4-3-5-13(8-12)6-7-18-15-9-14(17-2)10-16(11-15)19(20)21/h9-13,17-18H,3-8H2,1-2H3. The van der Waals surface area contributed by atoms with Crippen molar-refractivity contribution >= 4 is 17.1 Å². The molecule has 2 rings (SSSR count). The molecule has 21 heavy (non-hydrogen) atoms. The molecule has 0 spiro atoms. The van der Waals surface area contributed by atoms with E-state index in [0.29, 0.717) is 0 Å². The fraction of sp³-hybridized carbons (Fsp3) is 0.625. The van der Waals surface area contributed by atoms with E-state index in [2.05, 4.69) is 17.6 Å². The molecule has 0 radical (unpaired) electrons. The molecule has 1 aliphatic rings. The Labute approximate surface area is 126 Å². The maximum Gasteiger partial charge on any atom is 0.273 e. The molecule has 2 N–H and O–H groups in total. The van der Waals surface area contributed by atoms with Gasteiger partial charge in [0.2, 0.25) is 0 Å². The Hall–Kier alpha value is -1.78. The van der Waals surface area contributed by atoms with E-state index in [1.165, 1.54) is 25.7 Å². The van der Waals surface area contributed by atoms with Crippen molar-refractivity contribution in [2.75, 3.05) is 24.2 Å². The van der Waals surface area contributed by atoms with E-state index < -0.39 is 0 Å². The molecule has 0 amide bonds. The van der Waals surface area contributed by atoms with Crippen molar-refractivity contribution in [2.45, 2.75) is 39.0 Å². The molecule has 0 saturated heterocycles. The molecule has 0 heterocycles. The van der Waals surface area contributed by atoms with Gasteiger partial charge in [0.25, 0.3) is 5.69 Å².